The quantitative estimate of drug-likeness (QED) is 0.0297. The largest absolute Gasteiger partial charge is 0.394 e. The van der Waals surface area contributed by atoms with E-state index < -0.39 is 347 Å². The fraction of sp³-hybridized carbons (Fsp3) is 0.600. The second-order valence-electron chi connectivity index (χ2n) is 32.3. The third-order valence-corrected chi connectivity index (χ3v) is 20.9. The van der Waals surface area contributed by atoms with Crippen LogP contribution in [0.5, 0.6) is 0 Å². The highest BCUT2D eigenvalue weighted by atomic mass is 16.3. The number of aliphatic imine (C=N–C) groups is 3. The van der Waals surface area contributed by atoms with Gasteiger partial charge in [0.05, 0.1) is 70.0 Å². The Hall–Kier alpha value is -15.3. The summed E-state index contributed by atoms with van der Waals surface area (Å²) in [4.78, 5) is 283. The number of hydrogen-bond donors (Lipinski definition) is 46. The lowest BCUT2D eigenvalue weighted by atomic mass is 10.0. The van der Waals surface area contributed by atoms with Crippen LogP contribution in [0.25, 0.3) is 0 Å². The number of rotatable bonds is 30. The van der Waals surface area contributed by atoms with Gasteiger partial charge in [-0.25, -0.2) is 29.4 Å². The molecule has 0 aromatic rings. The number of nitrogens with zero attached hydrogens (tertiary/aromatic N) is 3. The smallest absolute Gasteiger partial charge is 0.316 e. The number of primary amides is 3. The molecule has 70 heteroatoms. The van der Waals surface area contributed by atoms with Crippen molar-refractivity contribution in [2.75, 3.05) is 85.5 Å². The van der Waals surface area contributed by atoms with Gasteiger partial charge < -0.3 is 247 Å². The molecule has 3 fully saturated rings. The van der Waals surface area contributed by atoms with Crippen LogP contribution in [0.1, 0.15) is 64.2 Å². The summed E-state index contributed by atoms with van der Waals surface area (Å²) >= 11 is 0. The van der Waals surface area contributed by atoms with Crippen LogP contribution in [0, 0.1) is 0 Å². The summed E-state index contributed by atoms with van der Waals surface area (Å²) in [5.41, 5.74) is 64.2. The Morgan fingerprint density at radius 2 is 0.641 bits per heavy atom. The Morgan fingerprint density at radius 1 is 0.359 bits per heavy atom. The molecule has 0 unspecified atom stereocenters. The summed E-state index contributed by atoms with van der Waals surface area (Å²) in [6, 6.07) is -30.2. The fourth-order valence-corrected chi connectivity index (χ4v) is 13.3. The molecule has 0 aliphatic carbocycles. The number of nitrogens with two attached hydrogens (primary N) is 12. The zero-order chi connectivity index (χ0) is 109. The molecule has 22 atom stereocenters. The Balaban J connectivity index is 0.000000453. The van der Waals surface area contributed by atoms with Gasteiger partial charge in [-0.3, -0.25) is 86.3 Å². The number of guanidine groups is 3. The number of amides is 24. The second kappa shape index (κ2) is 61.5. The number of carbonyl (C=O) groups excluding carboxylic acids is 21. The first-order valence-electron chi connectivity index (χ1n) is 44.2. The SMILES string of the molecule is NCCC[C@H](N)CC(=O)N[C@H]1CNC(=O)[C@H]([C@H]2C[C@H](O)NC(N)=N2)NC(=O)/C(=C/NC(N)=O)NC(=O)[C@H](CO)NC(=O)[C@H](CO)NC1=O.NCC[C@@H](O)[C@H](N)CC(=O)N[C@H]1CNC(=O)[C@H]([C@H]2CCNC(N)=N2)NC(=O)/C(=C/NC(N)=O)NC(=O)[C@H](CO)NC(=O)[C@H](CO)NC1=O.NCC[C@@H](O)[C@H](N)CC(=O)N[C@H]1CNC(=O)[C@H]([C@H]2C[C@H](O)NC(N)=N2)NC(=O)/C(=C/NC(N)=O)NC(=O)[C@H](CO)NC(=O)[C@H](CO)NC1=O. The molecule has 0 spiro atoms. The van der Waals surface area contributed by atoms with Crippen LogP contribution in [-0.4, -0.2) is 412 Å². The van der Waals surface area contributed by atoms with Crippen LogP contribution < -0.4 is 196 Å². The van der Waals surface area contributed by atoms with Crippen LogP contribution in [0.15, 0.2) is 50.7 Å². The van der Waals surface area contributed by atoms with Crippen molar-refractivity contribution in [2.24, 2.45) is 83.8 Å². The lowest BCUT2D eigenvalue weighted by Gasteiger charge is -2.31. The number of carbonyl (C=O) groups is 21. The second-order valence-corrected chi connectivity index (χ2v) is 32.3. The minimum absolute atomic E-state index is 0.0610. The molecule has 0 saturated carbocycles. The average molecular weight is 2070 g/mol. The van der Waals surface area contributed by atoms with Gasteiger partial charge in [0, 0.05) is 95.0 Å². The van der Waals surface area contributed by atoms with Gasteiger partial charge in [-0.15, -0.1) is 0 Å². The lowest BCUT2D eigenvalue weighted by Crippen LogP contribution is -2.63. The van der Waals surface area contributed by atoms with E-state index in [9.17, 15) is 152 Å². The van der Waals surface area contributed by atoms with E-state index in [1.807, 2.05) is 16.0 Å². The van der Waals surface area contributed by atoms with Crippen molar-refractivity contribution in [1.82, 2.24) is 128 Å². The van der Waals surface area contributed by atoms with Crippen LogP contribution >= 0.6 is 0 Å². The maximum absolute atomic E-state index is 13.6. The third-order valence-electron chi connectivity index (χ3n) is 20.9. The number of nitrogens with one attached hydrogen (secondary N) is 24. The van der Waals surface area contributed by atoms with E-state index >= 15 is 0 Å². The maximum atomic E-state index is 13.6. The van der Waals surface area contributed by atoms with Gasteiger partial charge in [-0.05, 0) is 51.7 Å². The van der Waals surface area contributed by atoms with Crippen molar-refractivity contribution in [3.8, 4) is 0 Å². The van der Waals surface area contributed by atoms with Crippen molar-refractivity contribution >= 4 is 142 Å². The molecule has 145 heavy (non-hydrogen) atoms. The Kier molecular flexibility index (Phi) is 51.7. The predicted octanol–water partition coefficient (Wildman–Crippen LogP) is -28.0. The summed E-state index contributed by atoms with van der Waals surface area (Å²) < 4.78 is 0. The summed E-state index contributed by atoms with van der Waals surface area (Å²) in [5, 5.41) is 153. The maximum Gasteiger partial charge on any atom is 0.316 e. The first-order chi connectivity index (χ1) is 68.5. The summed E-state index contributed by atoms with van der Waals surface area (Å²) in [6.07, 6.45) is -3.54. The molecule has 0 aromatic heterocycles. The van der Waals surface area contributed by atoms with E-state index in [1.165, 1.54) is 0 Å². The molecule has 58 N–H and O–H groups in total. The number of hydrogen-bond acceptors (Lipinski definition) is 46. The zero-order valence-corrected chi connectivity index (χ0v) is 77.5. The van der Waals surface area contributed by atoms with Crippen LogP contribution in [0.3, 0.4) is 0 Å². The first kappa shape index (κ1) is 122. The molecule has 0 radical (unpaired) electrons. The topological polar surface area (TPSA) is 1200 Å². The molecular weight excluding hydrogens is 1940 g/mol. The highest BCUT2D eigenvalue weighted by molar-refractivity contribution is 6.06. The molecule has 24 amide bonds. The minimum atomic E-state index is -1.81. The van der Waals surface area contributed by atoms with Gasteiger partial charge in [0.1, 0.15) is 102 Å². The Bertz CT molecular complexity index is 4780. The van der Waals surface area contributed by atoms with Crippen molar-refractivity contribution < 1.29 is 152 Å². The normalized spacial score (nSPS) is 27.4. The molecule has 0 aromatic carbocycles. The van der Waals surface area contributed by atoms with Crippen molar-refractivity contribution in [1.29, 1.82) is 0 Å². The van der Waals surface area contributed by atoms with E-state index in [0.29, 0.717) is 38.0 Å². The van der Waals surface area contributed by atoms with Crippen LogP contribution in [0.2, 0.25) is 0 Å². The Labute approximate surface area is 821 Å². The van der Waals surface area contributed by atoms with Gasteiger partial charge in [0.25, 0.3) is 17.7 Å². The highest BCUT2D eigenvalue weighted by Gasteiger charge is 2.43. The van der Waals surface area contributed by atoms with E-state index in [1.54, 1.807) is 0 Å². The van der Waals surface area contributed by atoms with Crippen LogP contribution in [0.4, 0.5) is 14.4 Å². The predicted molar refractivity (Wildman–Crippen MR) is 493 cm³/mol. The van der Waals surface area contributed by atoms with Gasteiger partial charge >= 0.3 is 18.1 Å². The summed E-state index contributed by atoms with van der Waals surface area (Å²) in [6.45, 7) is -7.51. The van der Waals surface area contributed by atoms with E-state index in [0.717, 1.165) is 0 Å². The summed E-state index contributed by atoms with van der Waals surface area (Å²) in [7, 11) is 0. The van der Waals surface area contributed by atoms with Gasteiger partial charge in [0.15, 0.2) is 17.9 Å². The summed E-state index contributed by atoms with van der Waals surface area (Å²) in [5.74, 6) is -20.2. The van der Waals surface area contributed by atoms with E-state index in [4.69, 9.17) is 68.8 Å². The lowest BCUT2D eigenvalue weighted by molar-refractivity contribution is -0.135. The highest BCUT2D eigenvalue weighted by Crippen LogP contribution is 2.17. The fourth-order valence-electron chi connectivity index (χ4n) is 13.3. The monoisotopic (exact) mass is 2070 g/mol. The van der Waals surface area contributed by atoms with Gasteiger partial charge in [-0.1, -0.05) is 0 Å². The van der Waals surface area contributed by atoms with Crippen molar-refractivity contribution in [2.45, 2.75) is 198 Å². The molecule has 810 valence electrons. The first-order valence-corrected chi connectivity index (χ1v) is 44.2. The molecule has 6 heterocycles. The van der Waals surface area contributed by atoms with Crippen molar-refractivity contribution in [3.05, 3.63) is 35.7 Å². The van der Waals surface area contributed by atoms with Crippen molar-refractivity contribution in [3.63, 3.8) is 0 Å². The number of aliphatic hydroxyl groups excluding tert-OH is 10. The average Bonchev–Trinajstić information content (AvgIpc) is 0.836. The minimum Gasteiger partial charge on any atom is -0.394 e. The molecule has 0 bridgehead atoms. The number of urea groups is 3. The molecule has 3 saturated heterocycles. The van der Waals surface area contributed by atoms with E-state index in [-0.39, 0.29) is 76.0 Å². The molecule has 6 aliphatic heterocycles. The van der Waals surface area contributed by atoms with Gasteiger partial charge in [0.2, 0.25) is 88.6 Å². The molecule has 6 aliphatic rings. The third kappa shape index (κ3) is 41.6. The Morgan fingerprint density at radius 3 is 0.917 bits per heavy atom. The van der Waals surface area contributed by atoms with E-state index in [2.05, 4.69) is 127 Å². The van der Waals surface area contributed by atoms with Gasteiger partial charge in [-0.2, -0.15) is 0 Å². The van der Waals surface area contributed by atoms with Crippen LogP contribution in [-0.2, 0) is 86.3 Å². The molecule has 6 rings (SSSR count). The molecule has 70 nitrogen and oxygen atoms in total. The standard InChI is InChI=1S/C25H43N13O11.2C25H43N13O10/c26-2-1-15(41)9(27)3-16(42)32-11-5-30-23(48)18(10-4-17(43)37-24(28)36-10)38-20(45)12(6-31-25(29)49)33-21(46)13(7-39)35-22(47)14(8-40)34-19(11)44;26-3-1-16(41)10(27)5-17(42)33-12-6-31-23(47)18(11-2-4-30-24(28)37-11)38-20(44)13(7-32-25(29)48)34-21(45)14(8-39)36-22(46)15(9-40)35-19(12)43;26-3-1-2-10(27)4-16(41)32-12-6-30-23(47)18(11-5-17(42)37-24(28)36-11)38-20(44)13(7-31-25(29)48)33-21(45)14(8-39)35-22(46)15(9-40)34-19(12)43/h6,9-11,13-15,17-18,39-41,43H,1-5,7-8,26-27H2,(H,30,48)(H,32,42)(H,33,46)(H,34,44)(H,35,47)(H,38,45)(H3,28,36,37)(H3,29,31,49);7,10-12,14-16,18,39-41H,1-6,8-9,26-27H2,(H,31,47)(H,33,42)(H,34,45)(H,35,43)(H,36,46)(H,38,44)(H3,28,30,37)(H3,29,32,48);7,10-12,14-15,17-18,39-40,42H,1-6,8-9,26-27H2,(H,30,47)(H,32,41)(H,33,45)(H,34,43)(H,35,46)(H,38,44)(H3,28,36,37)(H3,29,31,48)/b12-6-;2*13-7-/t9-,10-,11+,13+,14+,15-,17+,18+;10-,11-,12+,14+,15+,16-,18+;10-,11+,12-,14-,15-,17-,18-/m110/s1. The zero-order valence-electron chi connectivity index (χ0n) is 77.5. The number of aliphatic hydroxyl groups is 10. The molecular formula is C75H129N39O31.